The Kier molecular flexibility index (Phi) is 7.31. The first-order valence-corrected chi connectivity index (χ1v) is 11.0. The van der Waals surface area contributed by atoms with Crippen LogP contribution in [-0.4, -0.2) is 36.9 Å². The van der Waals surface area contributed by atoms with E-state index < -0.39 is 0 Å². The van der Waals surface area contributed by atoms with Crippen LogP contribution in [0.25, 0.3) is 0 Å². The van der Waals surface area contributed by atoms with Gasteiger partial charge in [0.25, 0.3) is 5.91 Å². The van der Waals surface area contributed by atoms with Crippen molar-refractivity contribution in [1.29, 1.82) is 0 Å². The molecular weight excluding hydrogens is 393 g/mol. The van der Waals surface area contributed by atoms with E-state index in [9.17, 15) is 14.0 Å². The lowest BCUT2D eigenvalue weighted by Gasteiger charge is -2.31. The van der Waals surface area contributed by atoms with Gasteiger partial charge in [0, 0.05) is 49.5 Å². The fourth-order valence-electron chi connectivity index (χ4n) is 3.73. The topological polar surface area (TPSA) is 52.7 Å². The number of nitrogens with one attached hydrogen (secondary N) is 1. The van der Waals surface area contributed by atoms with Crippen molar-refractivity contribution in [2.75, 3.05) is 24.3 Å². The Balaban J connectivity index is 1.89. The Labute approximate surface area is 184 Å². The summed E-state index contributed by atoms with van der Waals surface area (Å²) >= 11 is 0. The molecule has 0 aromatic heterocycles. The Morgan fingerprint density at radius 3 is 2.35 bits per heavy atom. The normalized spacial score (nSPS) is 14.5. The van der Waals surface area contributed by atoms with Gasteiger partial charge in [-0.2, -0.15) is 0 Å². The van der Waals surface area contributed by atoms with Gasteiger partial charge in [-0.05, 0) is 74.2 Å². The smallest absolute Gasteiger partial charge is 0.254 e. The largest absolute Gasteiger partial charge is 0.377 e. The summed E-state index contributed by atoms with van der Waals surface area (Å²) in [5, 5.41) is 3.03. The van der Waals surface area contributed by atoms with Gasteiger partial charge in [-0.1, -0.05) is 13.3 Å². The van der Waals surface area contributed by atoms with Crippen LogP contribution in [0.3, 0.4) is 0 Å². The van der Waals surface area contributed by atoms with E-state index >= 15 is 0 Å². The zero-order valence-electron chi connectivity index (χ0n) is 18.8. The number of hydrogen-bond acceptors (Lipinski definition) is 3. The van der Waals surface area contributed by atoms with Crippen LogP contribution in [0.4, 0.5) is 15.8 Å². The fourth-order valence-corrected chi connectivity index (χ4v) is 3.73. The highest BCUT2D eigenvalue weighted by atomic mass is 19.1. The Hall–Kier alpha value is -2.89. The quantitative estimate of drug-likeness (QED) is 0.642. The molecule has 166 valence electrons. The summed E-state index contributed by atoms with van der Waals surface area (Å²) in [5.41, 5.74) is 3.15. The van der Waals surface area contributed by atoms with Crippen molar-refractivity contribution in [2.24, 2.45) is 5.92 Å². The van der Waals surface area contributed by atoms with Gasteiger partial charge in [-0.15, -0.1) is 0 Å². The van der Waals surface area contributed by atoms with Crippen LogP contribution in [0.1, 0.15) is 55.5 Å². The molecule has 2 aromatic rings. The molecule has 6 heteroatoms. The summed E-state index contributed by atoms with van der Waals surface area (Å²) in [5.74, 6) is -0.330. The second-order valence-electron chi connectivity index (χ2n) is 8.55. The van der Waals surface area contributed by atoms with Crippen LogP contribution in [-0.2, 0) is 11.3 Å². The van der Waals surface area contributed by atoms with Gasteiger partial charge in [-0.25, -0.2) is 4.39 Å². The number of hydrogen-bond donors (Lipinski definition) is 1. The molecule has 0 radical (unpaired) electrons. The summed E-state index contributed by atoms with van der Waals surface area (Å²) < 4.78 is 13.3. The molecule has 0 saturated heterocycles. The molecular formula is C25H32FN3O2. The first-order chi connectivity index (χ1) is 14.8. The molecule has 1 aliphatic carbocycles. The minimum Gasteiger partial charge on any atom is -0.377 e. The molecule has 1 fully saturated rings. The van der Waals surface area contributed by atoms with Crippen LogP contribution in [0.5, 0.6) is 0 Å². The van der Waals surface area contributed by atoms with Crippen LogP contribution in [0, 0.1) is 11.7 Å². The molecule has 0 heterocycles. The summed E-state index contributed by atoms with van der Waals surface area (Å²) in [6.45, 7) is 4.45. The molecule has 31 heavy (non-hydrogen) atoms. The number of amides is 2. The number of nitrogens with zero attached hydrogens (tertiary/aromatic N) is 2. The van der Waals surface area contributed by atoms with Gasteiger partial charge in [0.15, 0.2) is 0 Å². The third kappa shape index (κ3) is 5.43. The van der Waals surface area contributed by atoms with Crippen LogP contribution < -0.4 is 10.2 Å². The monoisotopic (exact) mass is 425 g/mol. The van der Waals surface area contributed by atoms with E-state index in [1.165, 1.54) is 24.3 Å². The second-order valence-corrected chi connectivity index (χ2v) is 8.55. The highest BCUT2D eigenvalue weighted by molar-refractivity contribution is 5.95. The minimum atomic E-state index is -0.364. The SMILES string of the molecule is CC[C@@H](C)N(Cc1cc(NC(=O)C2CCC2)ccc1N(C)C)C(=O)c1ccc(F)cc1. The van der Waals surface area contributed by atoms with Gasteiger partial charge in [-0.3, -0.25) is 9.59 Å². The maximum atomic E-state index is 13.3. The highest BCUT2D eigenvalue weighted by Gasteiger charge is 2.26. The van der Waals surface area contributed by atoms with Crippen molar-refractivity contribution in [1.82, 2.24) is 4.90 Å². The van der Waals surface area contributed by atoms with Gasteiger partial charge in [0.05, 0.1) is 0 Å². The maximum absolute atomic E-state index is 13.3. The van der Waals surface area contributed by atoms with Gasteiger partial charge in [0.1, 0.15) is 5.82 Å². The number of halogens is 1. The standard InChI is InChI=1S/C25H32FN3O2/c1-5-17(2)29(25(31)19-9-11-21(26)12-10-19)16-20-15-22(13-14-23(20)28(3)4)27-24(30)18-7-6-8-18/h9-15,17-18H,5-8,16H2,1-4H3,(H,27,30)/t17-/m1/s1. The van der Waals surface area contributed by atoms with Gasteiger partial charge < -0.3 is 15.1 Å². The summed E-state index contributed by atoms with van der Waals surface area (Å²) in [4.78, 5) is 29.5. The first kappa shape index (κ1) is 22.8. The van der Waals surface area contributed by atoms with E-state index in [1.54, 1.807) is 0 Å². The first-order valence-electron chi connectivity index (χ1n) is 11.0. The van der Waals surface area contributed by atoms with Crippen molar-refractivity contribution in [3.63, 3.8) is 0 Å². The van der Waals surface area contributed by atoms with Crippen LogP contribution in [0.15, 0.2) is 42.5 Å². The molecule has 1 N–H and O–H groups in total. The van der Waals surface area contributed by atoms with Gasteiger partial charge in [0.2, 0.25) is 5.91 Å². The molecule has 0 aliphatic heterocycles. The van der Waals surface area contributed by atoms with Crippen molar-refractivity contribution in [3.05, 3.63) is 59.4 Å². The van der Waals surface area contributed by atoms with E-state index in [0.29, 0.717) is 12.1 Å². The number of rotatable bonds is 8. The second kappa shape index (κ2) is 9.94. The molecule has 0 unspecified atom stereocenters. The minimum absolute atomic E-state index is 0.000731. The van der Waals surface area contributed by atoms with E-state index in [4.69, 9.17) is 0 Å². The van der Waals surface area contributed by atoms with Crippen LogP contribution >= 0.6 is 0 Å². The molecule has 2 amide bonds. The average Bonchev–Trinajstić information content (AvgIpc) is 2.70. The molecule has 1 saturated carbocycles. The molecule has 0 bridgehead atoms. The van der Waals surface area contributed by atoms with E-state index in [0.717, 1.165) is 42.6 Å². The number of benzene rings is 2. The van der Waals surface area contributed by atoms with Crippen molar-refractivity contribution in [3.8, 4) is 0 Å². The molecule has 2 aromatic carbocycles. The summed E-state index contributed by atoms with van der Waals surface area (Å²) in [6.07, 6.45) is 3.80. The molecule has 1 atom stereocenters. The zero-order chi connectivity index (χ0) is 22.5. The highest BCUT2D eigenvalue weighted by Crippen LogP contribution is 2.30. The number of carbonyl (C=O) groups is 2. The van der Waals surface area contributed by atoms with Crippen molar-refractivity contribution >= 4 is 23.2 Å². The Morgan fingerprint density at radius 1 is 1.13 bits per heavy atom. The number of carbonyl (C=O) groups excluding carboxylic acids is 2. The number of anilines is 2. The van der Waals surface area contributed by atoms with Crippen molar-refractivity contribution in [2.45, 2.75) is 52.1 Å². The molecule has 1 aliphatic rings. The van der Waals surface area contributed by atoms with Crippen molar-refractivity contribution < 1.29 is 14.0 Å². The Morgan fingerprint density at radius 2 is 1.81 bits per heavy atom. The predicted octanol–water partition coefficient (Wildman–Crippen LogP) is 5.07. The average molecular weight is 426 g/mol. The lowest BCUT2D eigenvalue weighted by atomic mass is 9.85. The van der Waals surface area contributed by atoms with E-state index in [1.807, 2.05) is 55.9 Å². The molecule has 5 nitrogen and oxygen atoms in total. The maximum Gasteiger partial charge on any atom is 0.254 e. The zero-order valence-corrected chi connectivity index (χ0v) is 18.8. The molecule has 3 rings (SSSR count). The predicted molar refractivity (Wildman–Crippen MR) is 123 cm³/mol. The summed E-state index contributed by atoms with van der Waals surface area (Å²) in [7, 11) is 3.92. The Bertz CT molecular complexity index is 923. The van der Waals surface area contributed by atoms with Gasteiger partial charge >= 0.3 is 0 Å². The van der Waals surface area contributed by atoms with Crippen LogP contribution in [0.2, 0.25) is 0 Å². The summed E-state index contributed by atoms with van der Waals surface area (Å²) in [6, 6.07) is 11.5. The lowest BCUT2D eigenvalue weighted by molar-refractivity contribution is -0.122. The van der Waals surface area contributed by atoms with E-state index in [-0.39, 0.29) is 29.6 Å². The fraction of sp³-hybridized carbons (Fsp3) is 0.440. The third-order valence-corrected chi connectivity index (χ3v) is 6.12. The third-order valence-electron chi connectivity index (χ3n) is 6.12. The molecule has 0 spiro atoms. The lowest BCUT2D eigenvalue weighted by Crippen LogP contribution is -2.38. The van der Waals surface area contributed by atoms with E-state index in [2.05, 4.69) is 5.32 Å².